The van der Waals surface area contributed by atoms with Gasteiger partial charge in [-0.1, -0.05) is 36.4 Å². The SMILES string of the molecule is Cc1ccc(N(c2ccc(C)c(C)c2)c2ccc3c(ccc4c5cc6c(cc5oc34)oc3c4ccc(N(c5ccc(C)c(C)c5)c5ccc(C)c(C)c5)cc4ccc63)c2)cc1C. The van der Waals surface area contributed by atoms with Gasteiger partial charge in [-0.05, 0) is 214 Å². The molecule has 11 rings (SSSR count). The lowest BCUT2D eigenvalue weighted by atomic mass is 10.0. The van der Waals surface area contributed by atoms with E-state index < -0.39 is 0 Å². The Balaban J connectivity index is 1.01. The van der Waals surface area contributed by atoms with Gasteiger partial charge in [-0.25, -0.2) is 0 Å². The van der Waals surface area contributed by atoms with Crippen molar-refractivity contribution < 1.29 is 8.83 Å². The maximum atomic E-state index is 6.76. The zero-order valence-corrected chi connectivity index (χ0v) is 36.6. The van der Waals surface area contributed by atoms with Gasteiger partial charge in [-0.15, -0.1) is 0 Å². The van der Waals surface area contributed by atoms with Crippen LogP contribution in [0.2, 0.25) is 0 Å². The average molecular weight is 805 g/mol. The monoisotopic (exact) mass is 804 g/mol. The van der Waals surface area contributed by atoms with Gasteiger partial charge >= 0.3 is 0 Å². The van der Waals surface area contributed by atoms with E-state index in [1.54, 1.807) is 0 Å². The summed E-state index contributed by atoms with van der Waals surface area (Å²) in [5, 5.41) is 8.78. The Morgan fingerprint density at radius 1 is 0.258 bits per heavy atom. The Kier molecular flexibility index (Phi) is 8.59. The molecule has 0 aliphatic rings. The van der Waals surface area contributed by atoms with Crippen LogP contribution in [0.5, 0.6) is 0 Å². The molecule has 0 unspecified atom stereocenters. The molecule has 0 aliphatic heterocycles. The number of benzene rings is 9. The van der Waals surface area contributed by atoms with Crippen molar-refractivity contribution in [3.8, 4) is 0 Å². The minimum atomic E-state index is 0.819. The summed E-state index contributed by atoms with van der Waals surface area (Å²) in [4.78, 5) is 4.72. The number of hydrogen-bond acceptors (Lipinski definition) is 4. The number of rotatable bonds is 6. The number of aryl methyl sites for hydroxylation is 8. The predicted molar refractivity (Wildman–Crippen MR) is 263 cm³/mol. The second-order valence-corrected chi connectivity index (χ2v) is 17.5. The molecule has 11 aromatic rings. The molecule has 0 fully saturated rings. The molecule has 0 radical (unpaired) electrons. The molecule has 0 aliphatic carbocycles. The Morgan fingerprint density at radius 2 is 0.565 bits per heavy atom. The van der Waals surface area contributed by atoms with Gasteiger partial charge in [0, 0.05) is 72.5 Å². The number of nitrogens with zero attached hydrogens (tertiary/aromatic N) is 2. The average Bonchev–Trinajstić information content (AvgIpc) is 3.82. The van der Waals surface area contributed by atoms with E-state index in [0.717, 1.165) is 99.5 Å². The van der Waals surface area contributed by atoms with Crippen LogP contribution in [0.3, 0.4) is 0 Å². The van der Waals surface area contributed by atoms with Gasteiger partial charge in [-0.2, -0.15) is 0 Å². The first-order chi connectivity index (χ1) is 30.0. The summed E-state index contributed by atoms with van der Waals surface area (Å²) >= 11 is 0. The van der Waals surface area contributed by atoms with E-state index >= 15 is 0 Å². The van der Waals surface area contributed by atoms with Crippen molar-refractivity contribution in [1.82, 2.24) is 0 Å². The highest BCUT2D eigenvalue weighted by Gasteiger charge is 2.20. The highest BCUT2D eigenvalue weighted by molar-refractivity contribution is 6.22. The van der Waals surface area contributed by atoms with E-state index in [1.165, 1.54) is 44.5 Å². The zero-order chi connectivity index (χ0) is 42.6. The minimum absolute atomic E-state index is 0.819. The summed E-state index contributed by atoms with van der Waals surface area (Å²) in [7, 11) is 0. The number of anilines is 6. The Bertz CT molecular complexity index is 3300. The van der Waals surface area contributed by atoms with E-state index in [9.17, 15) is 0 Å². The fourth-order valence-electron chi connectivity index (χ4n) is 9.22. The molecule has 0 spiro atoms. The van der Waals surface area contributed by atoms with Crippen molar-refractivity contribution in [2.45, 2.75) is 55.4 Å². The normalized spacial score (nSPS) is 11.9. The molecule has 302 valence electrons. The van der Waals surface area contributed by atoms with Gasteiger partial charge in [0.15, 0.2) is 0 Å². The maximum absolute atomic E-state index is 6.76. The van der Waals surface area contributed by atoms with E-state index in [4.69, 9.17) is 8.83 Å². The lowest BCUT2D eigenvalue weighted by molar-refractivity contribution is 0.660. The Morgan fingerprint density at radius 3 is 0.903 bits per heavy atom. The van der Waals surface area contributed by atoms with Gasteiger partial charge in [0.25, 0.3) is 0 Å². The molecular formula is C58H48N2O2. The third kappa shape index (κ3) is 6.04. The van der Waals surface area contributed by atoms with Crippen molar-refractivity contribution in [3.05, 3.63) is 190 Å². The first-order valence-corrected chi connectivity index (χ1v) is 21.6. The van der Waals surface area contributed by atoms with E-state index in [0.29, 0.717) is 0 Å². The molecule has 2 heterocycles. The molecule has 0 atom stereocenters. The summed E-state index contributed by atoms with van der Waals surface area (Å²) in [6.45, 7) is 17.4. The molecule has 0 saturated heterocycles. The van der Waals surface area contributed by atoms with Crippen molar-refractivity contribution in [2.24, 2.45) is 0 Å². The number of furan rings is 2. The zero-order valence-electron chi connectivity index (χ0n) is 36.6. The molecule has 4 nitrogen and oxygen atoms in total. The number of fused-ring (bicyclic) bond motifs is 10. The summed E-state index contributed by atoms with van der Waals surface area (Å²) in [6.07, 6.45) is 0. The molecule has 9 aromatic carbocycles. The Labute approximate surface area is 362 Å². The van der Waals surface area contributed by atoms with Gasteiger partial charge in [0.1, 0.15) is 22.3 Å². The first-order valence-electron chi connectivity index (χ1n) is 21.6. The van der Waals surface area contributed by atoms with Crippen LogP contribution in [-0.2, 0) is 0 Å². The fourth-order valence-corrected chi connectivity index (χ4v) is 9.22. The van der Waals surface area contributed by atoms with Crippen LogP contribution in [0.25, 0.3) is 65.4 Å². The second kappa shape index (κ2) is 14.1. The molecule has 0 saturated carbocycles. The molecular weight excluding hydrogens is 757 g/mol. The molecule has 0 amide bonds. The highest BCUT2D eigenvalue weighted by atomic mass is 16.3. The van der Waals surface area contributed by atoms with Crippen molar-refractivity contribution >= 4 is 99.5 Å². The topological polar surface area (TPSA) is 32.8 Å². The summed E-state index contributed by atoms with van der Waals surface area (Å²) in [5.74, 6) is 0. The fraction of sp³-hybridized carbons (Fsp3) is 0.138. The standard InChI is InChI=1S/C58H48N2O2/c1-33-9-15-43(25-37(33)5)59(44-16-10-34(2)38(6)26-44)47-19-23-49-41(29-47)13-21-51-53-31-54-52-22-14-42-30-48(20-24-50(42)58(52)62-56(54)32-55(53)61-57(49)51)60(45-17-11-35(3)39(7)27-45)46-18-12-36(4)40(8)28-46/h9-32H,1-8H3. The molecule has 4 heteroatoms. The van der Waals surface area contributed by atoms with Crippen LogP contribution >= 0.6 is 0 Å². The quantitative estimate of drug-likeness (QED) is 0.168. The van der Waals surface area contributed by atoms with Crippen molar-refractivity contribution in [2.75, 3.05) is 9.80 Å². The second-order valence-electron chi connectivity index (χ2n) is 17.5. The molecule has 0 bridgehead atoms. The van der Waals surface area contributed by atoms with E-state index in [2.05, 4.69) is 211 Å². The lowest BCUT2D eigenvalue weighted by Crippen LogP contribution is -2.10. The van der Waals surface area contributed by atoms with Crippen LogP contribution in [0.15, 0.2) is 154 Å². The smallest absolute Gasteiger partial charge is 0.143 e. The molecule has 0 N–H and O–H groups in total. The Hall–Kier alpha value is -7.30. The van der Waals surface area contributed by atoms with Gasteiger partial charge < -0.3 is 18.6 Å². The first kappa shape index (κ1) is 37.7. The highest BCUT2D eigenvalue weighted by Crippen LogP contribution is 2.44. The van der Waals surface area contributed by atoms with Gasteiger partial charge in [0.2, 0.25) is 0 Å². The number of hydrogen-bond donors (Lipinski definition) is 0. The summed E-state index contributed by atoms with van der Waals surface area (Å²) in [5.41, 5.74) is 20.4. The molecule has 2 aromatic heterocycles. The lowest BCUT2D eigenvalue weighted by Gasteiger charge is -2.27. The largest absolute Gasteiger partial charge is 0.455 e. The molecule has 62 heavy (non-hydrogen) atoms. The van der Waals surface area contributed by atoms with Crippen molar-refractivity contribution in [1.29, 1.82) is 0 Å². The summed E-state index contributed by atoms with van der Waals surface area (Å²) in [6, 6.07) is 53.5. The van der Waals surface area contributed by atoms with E-state index in [1.807, 2.05) is 0 Å². The van der Waals surface area contributed by atoms with Crippen molar-refractivity contribution in [3.63, 3.8) is 0 Å². The van der Waals surface area contributed by atoms with Crippen LogP contribution in [0.4, 0.5) is 34.1 Å². The maximum Gasteiger partial charge on any atom is 0.143 e. The third-order valence-electron chi connectivity index (χ3n) is 13.5. The predicted octanol–water partition coefficient (Wildman–Crippen LogP) is 17.2. The van der Waals surface area contributed by atoms with Gasteiger partial charge in [0.05, 0.1) is 0 Å². The van der Waals surface area contributed by atoms with Crippen LogP contribution in [0.1, 0.15) is 44.5 Å². The van der Waals surface area contributed by atoms with Gasteiger partial charge in [-0.3, -0.25) is 0 Å². The summed E-state index contributed by atoms with van der Waals surface area (Å²) < 4.78 is 13.5. The van der Waals surface area contributed by atoms with Crippen LogP contribution < -0.4 is 9.80 Å². The third-order valence-corrected chi connectivity index (χ3v) is 13.5. The van der Waals surface area contributed by atoms with Crippen LogP contribution in [-0.4, -0.2) is 0 Å². The van der Waals surface area contributed by atoms with Crippen LogP contribution in [0, 0.1) is 55.4 Å². The van der Waals surface area contributed by atoms with E-state index in [-0.39, 0.29) is 0 Å². The minimum Gasteiger partial charge on any atom is -0.455 e.